The summed E-state index contributed by atoms with van der Waals surface area (Å²) in [6.45, 7) is -0.0112. The predicted octanol–water partition coefficient (Wildman–Crippen LogP) is 3.27. The molecule has 0 spiro atoms. The summed E-state index contributed by atoms with van der Waals surface area (Å²) in [4.78, 5) is 0.831. The maximum Gasteiger partial charge on any atom is 0.129 e. The minimum Gasteiger partial charge on any atom is -0.391 e. The summed E-state index contributed by atoms with van der Waals surface area (Å²) < 4.78 is 14.1. The molecule has 0 aliphatic rings. The Morgan fingerprint density at radius 2 is 2.21 bits per heavy atom. The number of alkyl halides is 1. The van der Waals surface area contributed by atoms with Gasteiger partial charge < -0.3 is 5.11 Å². The highest BCUT2D eigenvalue weighted by Crippen LogP contribution is 2.31. The zero-order valence-electron chi connectivity index (χ0n) is 7.26. The van der Waals surface area contributed by atoms with Crippen LogP contribution in [0.5, 0.6) is 0 Å². The lowest BCUT2D eigenvalue weighted by atomic mass is 10.2. The first-order chi connectivity index (χ1) is 6.76. The van der Waals surface area contributed by atoms with E-state index in [-0.39, 0.29) is 18.3 Å². The first-order valence-corrected chi connectivity index (χ1v) is 5.48. The maximum absolute atomic E-state index is 13.3. The molecule has 0 saturated heterocycles. The fourth-order valence-electron chi connectivity index (χ4n) is 1.39. The topological polar surface area (TPSA) is 20.2 Å². The van der Waals surface area contributed by atoms with Crippen LogP contribution < -0.4 is 0 Å². The van der Waals surface area contributed by atoms with Gasteiger partial charge in [-0.15, -0.1) is 22.9 Å². The third kappa shape index (κ3) is 1.52. The van der Waals surface area contributed by atoms with Crippen LogP contribution >= 0.6 is 22.9 Å². The molecule has 2 aromatic rings. The second-order valence-electron chi connectivity index (χ2n) is 2.95. The Balaban J connectivity index is 2.73. The van der Waals surface area contributed by atoms with E-state index in [1.165, 1.54) is 17.4 Å². The van der Waals surface area contributed by atoms with Crippen molar-refractivity contribution in [3.63, 3.8) is 0 Å². The van der Waals surface area contributed by atoms with E-state index < -0.39 is 0 Å². The minimum atomic E-state index is -0.279. The van der Waals surface area contributed by atoms with E-state index in [1.807, 2.05) is 6.07 Å². The third-order valence-electron chi connectivity index (χ3n) is 2.07. The molecule has 0 aliphatic carbocycles. The second-order valence-corrected chi connectivity index (χ2v) is 4.35. The number of thiophene rings is 1. The summed E-state index contributed by atoms with van der Waals surface area (Å²) in [5.41, 5.74) is 0.522. The summed E-state index contributed by atoms with van der Waals surface area (Å²) in [5.74, 6) is -0.118. The molecule has 0 aliphatic heterocycles. The number of hydrogen-bond acceptors (Lipinski definition) is 2. The lowest BCUT2D eigenvalue weighted by Gasteiger charge is -1.98. The summed E-state index contributed by atoms with van der Waals surface area (Å²) in [7, 11) is 0. The Hall–Kier alpha value is -0.640. The minimum absolute atomic E-state index is 0.0112. The Morgan fingerprint density at radius 1 is 1.43 bits per heavy atom. The molecule has 0 atom stereocenters. The molecular formula is C10H8ClFOS. The van der Waals surface area contributed by atoms with Gasteiger partial charge in [-0.05, 0) is 17.5 Å². The van der Waals surface area contributed by atoms with E-state index in [1.54, 1.807) is 6.07 Å². The van der Waals surface area contributed by atoms with Gasteiger partial charge in [0.05, 0.1) is 12.5 Å². The van der Waals surface area contributed by atoms with Crippen LogP contribution in [0.25, 0.3) is 10.1 Å². The lowest BCUT2D eigenvalue weighted by Crippen LogP contribution is -1.84. The summed E-state index contributed by atoms with van der Waals surface area (Å²) in [6, 6.07) is 4.97. The van der Waals surface area contributed by atoms with Crippen molar-refractivity contribution in [2.75, 3.05) is 0 Å². The second kappa shape index (κ2) is 3.85. The van der Waals surface area contributed by atoms with E-state index in [9.17, 15) is 4.39 Å². The highest BCUT2D eigenvalue weighted by Gasteiger charge is 2.09. The van der Waals surface area contributed by atoms with Crippen LogP contribution in [0.2, 0.25) is 0 Å². The largest absolute Gasteiger partial charge is 0.391 e. The van der Waals surface area contributed by atoms with Crippen molar-refractivity contribution in [2.24, 2.45) is 0 Å². The van der Waals surface area contributed by atoms with Gasteiger partial charge in [-0.2, -0.15) is 0 Å². The standard InChI is InChI=1S/C10H8ClFOS/c11-4-8-9(12)2-1-6-3-7(5-13)14-10(6)8/h1-3,13H,4-5H2. The zero-order valence-corrected chi connectivity index (χ0v) is 8.83. The Morgan fingerprint density at radius 3 is 2.86 bits per heavy atom. The van der Waals surface area contributed by atoms with E-state index >= 15 is 0 Å². The molecule has 0 saturated carbocycles. The molecule has 4 heteroatoms. The van der Waals surface area contributed by atoms with Crippen molar-refractivity contribution in [2.45, 2.75) is 12.5 Å². The van der Waals surface area contributed by atoms with E-state index in [0.717, 1.165) is 15.0 Å². The van der Waals surface area contributed by atoms with Crippen LogP contribution in [0.15, 0.2) is 18.2 Å². The molecule has 0 fully saturated rings. The smallest absolute Gasteiger partial charge is 0.129 e. The van der Waals surface area contributed by atoms with Gasteiger partial charge in [-0.25, -0.2) is 4.39 Å². The fourth-order valence-corrected chi connectivity index (χ4v) is 2.78. The first-order valence-electron chi connectivity index (χ1n) is 4.13. The maximum atomic E-state index is 13.3. The number of rotatable bonds is 2. The number of aliphatic hydroxyl groups excluding tert-OH is 1. The Bertz CT molecular complexity index is 466. The molecule has 74 valence electrons. The highest BCUT2D eigenvalue weighted by molar-refractivity contribution is 7.19. The fraction of sp³-hybridized carbons (Fsp3) is 0.200. The summed E-state index contributed by atoms with van der Waals surface area (Å²) in [6.07, 6.45) is 0. The summed E-state index contributed by atoms with van der Waals surface area (Å²) >= 11 is 7.06. The average Bonchev–Trinajstić information content (AvgIpc) is 2.60. The molecule has 2 rings (SSSR count). The molecule has 0 unspecified atom stereocenters. The molecule has 0 amide bonds. The van der Waals surface area contributed by atoms with Crippen LogP contribution in [0, 0.1) is 5.82 Å². The van der Waals surface area contributed by atoms with Crippen molar-refractivity contribution in [1.29, 1.82) is 0 Å². The summed E-state index contributed by atoms with van der Waals surface area (Å²) in [5, 5.41) is 9.90. The number of halogens is 2. The van der Waals surface area contributed by atoms with Crippen LogP contribution in [0.3, 0.4) is 0 Å². The quantitative estimate of drug-likeness (QED) is 0.786. The van der Waals surface area contributed by atoms with Crippen LogP contribution in [-0.2, 0) is 12.5 Å². The molecule has 0 radical (unpaired) electrons. The zero-order chi connectivity index (χ0) is 10.1. The third-order valence-corrected chi connectivity index (χ3v) is 3.54. The van der Waals surface area contributed by atoms with Crippen molar-refractivity contribution in [3.05, 3.63) is 34.5 Å². The highest BCUT2D eigenvalue weighted by atomic mass is 35.5. The number of fused-ring (bicyclic) bond motifs is 1. The molecule has 0 bridgehead atoms. The van der Waals surface area contributed by atoms with Crippen LogP contribution in [0.4, 0.5) is 4.39 Å². The van der Waals surface area contributed by atoms with Gasteiger partial charge in [-0.1, -0.05) is 6.07 Å². The van der Waals surface area contributed by atoms with Crippen LogP contribution in [-0.4, -0.2) is 5.11 Å². The number of benzene rings is 1. The van der Waals surface area contributed by atoms with Gasteiger partial charge >= 0.3 is 0 Å². The normalized spacial score (nSPS) is 11.1. The Kier molecular flexibility index (Phi) is 2.72. The molecular weight excluding hydrogens is 223 g/mol. The Labute approximate surface area is 89.7 Å². The molecule has 1 heterocycles. The average molecular weight is 231 g/mol. The van der Waals surface area contributed by atoms with Gasteiger partial charge in [0, 0.05) is 15.1 Å². The van der Waals surface area contributed by atoms with Gasteiger partial charge in [0.1, 0.15) is 5.82 Å². The molecule has 1 N–H and O–H groups in total. The van der Waals surface area contributed by atoms with E-state index in [0.29, 0.717) is 5.56 Å². The van der Waals surface area contributed by atoms with Crippen molar-refractivity contribution in [3.8, 4) is 0 Å². The predicted molar refractivity (Wildman–Crippen MR) is 57.3 cm³/mol. The van der Waals surface area contributed by atoms with Gasteiger partial charge in [-0.3, -0.25) is 0 Å². The van der Waals surface area contributed by atoms with Gasteiger partial charge in [0.15, 0.2) is 0 Å². The lowest BCUT2D eigenvalue weighted by molar-refractivity contribution is 0.285. The van der Waals surface area contributed by atoms with Crippen molar-refractivity contribution in [1.82, 2.24) is 0 Å². The molecule has 1 aromatic heterocycles. The monoisotopic (exact) mass is 230 g/mol. The first kappa shape index (κ1) is 9.90. The number of hydrogen-bond donors (Lipinski definition) is 1. The van der Waals surface area contributed by atoms with E-state index in [2.05, 4.69) is 0 Å². The van der Waals surface area contributed by atoms with Gasteiger partial charge in [0.2, 0.25) is 0 Å². The molecule has 1 aromatic carbocycles. The van der Waals surface area contributed by atoms with Gasteiger partial charge in [0.25, 0.3) is 0 Å². The SMILES string of the molecule is OCc1cc2ccc(F)c(CCl)c2s1. The molecule has 1 nitrogen and oxygen atoms in total. The van der Waals surface area contributed by atoms with E-state index in [4.69, 9.17) is 16.7 Å². The number of aliphatic hydroxyl groups is 1. The van der Waals surface area contributed by atoms with Crippen LogP contribution in [0.1, 0.15) is 10.4 Å². The molecule has 14 heavy (non-hydrogen) atoms. The van der Waals surface area contributed by atoms with Crippen molar-refractivity contribution >= 4 is 33.0 Å². The van der Waals surface area contributed by atoms with Crippen molar-refractivity contribution < 1.29 is 9.50 Å².